The van der Waals surface area contributed by atoms with Gasteiger partial charge in [-0.3, -0.25) is 0 Å². The molecule has 0 fully saturated rings. The van der Waals surface area contributed by atoms with Gasteiger partial charge in [0.2, 0.25) is 0 Å². The van der Waals surface area contributed by atoms with Gasteiger partial charge in [-0.25, -0.2) is 4.39 Å². The summed E-state index contributed by atoms with van der Waals surface area (Å²) in [7, 11) is 2.20. The molecule has 0 bridgehead atoms. The summed E-state index contributed by atoms with van der Waals surface area (Å²) in [4.78, 5) is 2.45. The van der Waals surface area contributed by atoms with Gasteiger partial charge in [0.1, 0.15) is 5.83 Å². The highest BCUT2D eigenvalue weighted by Crippen LogP contribution is 2.45. The van der Waals surface area contributed by atoms with Gasteiger partial charge in [0.15, 0.2) is 0 Å². The predicted molar refractivity (Wildman–Crippen MR) is 79.5 cm³/mol. The molecule has 2 aliphatic rings. The fraction of sp³-hybridized carbons (Fsp3) is 0.647. The maximum absolute atomic E-state index is 13.5. The Labute approximate surface area is 116 Å². The summed E-state index contributed by atoms with van der Waals surface area (Å²) in [5.41, 5.74) is 3.71. The van der Waals surface area contributed by atoms with Crippen LogP contribution >= 0.6 is 0 Å². The van der Waals surface area contributed by atoms with E-state index in [1.807, 2.05) is 0 Å². The van der Waals surface area contributed by atoms with Crippen LogP contribution in [0.15, 0.2) is 35.3 Å². The van der Waals surface area contributed by atoms with Crippen molar-refractivity contribution in [1.29, 1.82) is 0 Å². The van der Waals surface area contributed by atoms with Crippen molar-refractivity contribution in [2.75, 3.05) is 7.05 Å². The number of halogens is 1. The average molecular weight is 263 g/mol. The lowest BCUT2D eigenvalue weighted by Gasteiger charge is -2.50. The van der Waals surface area contributed by atoms with E-state index in [1.165, 1.54) is 31.4 Å². The van der Waals surface area contributed by atoms with Crippen LogP contribution < -0.4 is 0 Å². The average Bonchev–Trinajstić information content (AvgIpc) is 2.37. The molecule has 0 unspecified atom stereocenters. The first-order valence-corrected chi connectivity index (χ1v) is 7.55. The molecule has 19 heavy (non-hydrogen) atoms. The molecule has 1 nitrogen and oxygen atoms in total. The lowest BCUT2D eigenvalue weighted by atomic mass is 9.74. The number of hydrogen-bond donors (Lipinski definition) is 0. The van der Waals surface area contributed by atoms with Crippen LogP contribution in [0.3, 0.4) is 0 Å². The second-order valence-corrected chi connectivity index (χ2v) is 6.02. The number of nitrogens with zero attached hydrogens (tertiary/aromatic N) is 1. The zero-order valence-electron chi connectivity index (χ0n) is 12.6. The summed E-state index contributed by atoms with van der Waals surface area (Å²) >= 11 is 0. The minimum Gasteiger partial charge on any atom is -0.371 e. The minimum atomic E-state index is 0.00628. The van der Waals surface area contributed by atoms with E-state index in [1.54, 1.807) is 6.08 Å². The predicted octanol–water partition coefficient (Wildman–Crippen LogP) is 5.12. The van der Waals surface area contributed by atoms with Gasteiger partial charge in [-0.05, 0) is 42.9 Å². The molecule has 2 heteroatoms. The second kappa shape index (κ2) is 5.52. The van der Waals surface area contributed by atoms with Crippen LogP contribution in [0.4, 0.5) is 4.39 Å². The molecule has 0 aromatic heterocycles. The second-order valence-electron chi connectivity index (χ2n) is 6.02. The zero-order chi connectivity index (χ0) is 14.0. The lowest BCUT2D eigenvalue weighted by molar-refractivity contribution is 0.117. The molecule has 2 rings (SSSR count). The van der Waals surface area contributed by atoms with Crippen LogP contribution in [-0.2, 0) is 0 Å². The SMILES string of the molecule is C=C1CC(CCC)(CCC)N(C)C2=C1C=C(F)CC2. The molecular formula is C17H26FN. The van der Waals surface area contributed by atoms with Crippen LogP contribution in [-0.4, -0.2) is 17.5 Å². The standard InChI is InChI=1S/C17H26FN/c1-5-9-17(10-6-2)12-13(3)15-11-14(18)7-8-16(15)19(17)4/h11H,3,5-10,12H2,1-2,4H3. The summed E-state index contributed by atoms with van der Waals surface area (Å²) in [5.74, 6) is 0.00628. The zero-order valence-corrected chi connectivity index (χ0v) is 12.6. The number of hydrogen-bond acceptors (Lipinski definition) is 1. The van der Waals surface area contributed by atoms with E-state index in [2.05, 4.69) is 32.4 Å². The van der Waals surface area contributed by atoms with Crippen molar-refractivity contribution < 1.29 is 4.39 Å². The fourth-order valence-electron chi connectivity index (χ4n) is 3.80. The first-order chi connectivity index (χ1) is 9.04. The Morgan fingerprint density at radius 2 is 1.89 bits per heavy atom. The highest BCUT2D eigenvalue weighted by Gasteiger charge is 2.40. The molecular weight excluding hydrogens is 237 g/mol. The maximum atomic E-state index is 13.5. The van der Waals surface area contributed by atoms with Crippen molar-refractivity contribution in [2.24, 2.45) is 0 Å². The molecule has 0 amide bonds. The lowest BCUT2D eigenvalue weighted by Crippen LogP contribution is -2.49. The molecule has 0 saturated carbocycles. The number of allylic oxidation sites excluding steroid dienone is 4. The van der Waals surface area contributed by atoms with E-state index in [4.69, 9.17) is 0 Å². The molecule has 0 aromatic carbocycles. The molecule has 1 aliphatic heterocycles. The van der Waals surface area contributed by atoms with E-state index >= 15 is 0 Å². The third-order valence-corrected chi connectivity index (χ3v) is 4.68. The molecule has 0 spiro atoms. The largest absolute Gasteiger partial charge is 0.371 e. The molecule has 0 radical (unpaired) electrons. The first kappa shape index (κ1) is 14.4. The summed E-state index contributed by atoms with van der Waals surface area (Å²) in [5, 5.41) is 0. The third kappa shape index (κ3) is 2.50. The fourth-order valence-corrected chi connectivity index (χ4v) is 3.80. The Bertz CT molecular complexity index is 425. The van der Waals surface area contributed by atoms with Crippen LogP contribution in [0.1, 0.15) is 58.8 Å². The summed E-state index contributed by atoms with van der Waals surface area (Å²) in [6, 6.07) is 0. The van der Waals surface area contributed by atoms with Crippen LogP contribution in [0, 0.1) is 0 Å². The highest BCUT2D eigenvalue weighted by molar-refractivity contribution is 5.48. The van der Waals surface area contributed by atoms with Gasteiger partial charge >= 0.3 is 0 Å². The van der Waals surface area contributed by atoms with Gasteiger partial charge in [0.05, 0.1) is 0 Å². The van der Waals surface area contributed by atoms with E-state index in [0.29, 0.717) is 6.42 Å². The van der Waals surface area contributed by atoms with E-state index in [-0.39, 0.29) is 11.4 Å². The van der Waals surface area contributed by atoms with Gasteiger partial charge in [-0.2, -0.15) is 0 Å². The van der Waals surface area contributed by atoms with E-state index in [9.17, 15) is 4.39 Å². The summed E-state index contributed by atoms with van der Waals surface area (Å²) in [6.45, 7) is 8.73. The number of rotatable bonds is 4. The van der Waals surface area contributed by atoms with Crippen molar-refractivity contribution in [1.82, 2.24) is 4.90 Å². The monoisotopic (exact) mass is 263 g/mol. The molecule has 0 saturated heterocycles. The molecule has 106 valence electrons. The Morgan fingerprint density at radius 1 is 1.26 bits per heavy atom. The Hall–Kier alpha value is -1.05. The quantitative estimate of drug-likeness (QED) is 0.680. The van der Waals surface area contributed by atoms with Gasteiger partial charge in [0, 0.05) is 24.7 Å². The Balaban J connectivity index is 2.40. The van der Waals surface area contributed by atoms with Gasteiger partial charge in [-0.15, -0.1) is 0 Å². The van der Waals surface area contributed by atoms with Crippen LogP contribution in [0.2, 0.25) is 0 Å². The van der Waals surface area contributed by atoms with E-state index in [0.717, 1.165) is 24.0 Å². The smallest absolute Gasteiger partial charge is 0.101 e. The van der Waals surface area contributed by atoms with Gasteiger partial charge in [0.25, 0.3) is 0 Å². The molecule has 0 N–H and O–H groups in total. The molecule has 1 aliphatic carbocycles. The van der Waals surface area contributed by atoms with Crippen molar-refractivity contribution in [3.8, 4) is 0 Å². The minimum absolute atomic E-state index is 0.00628. The Kier molecular flexibility index (Phi) is 4.17. The normalized spacial score (nSPS) is 22.4. The van der Waals surface area contributed by atoms with Crippen LogP contribution in [0.25, 0.3) is 0 Å². The first-order valence-electron chi connectivity index (χ1n) is 7.55. The third-order valence-electron chi connectivity index (χ3n) is 4.68. The summed E-state index contributed by atoms with van der Waals surface area (Å²) in [6.07, 6.45) is 8.81. The van der Waals surface area contributed by atoms with Crippen molar-refractivity contribution in [3.05, 3.63) is 35.3 Å². The van der Waals surface area contributed by atoms with Crippen molar-refractivity contribution >= 4 is 0 Å². The van der Waals surface area contributed by atoms with Crippen LogP contribution in [0.5, 0.6) is 0 Å². The van der Waals surface area contributed by atoms with Crippen molar-refractivity contribution in [2.45, 2.75) is 64.3 Å². The maximum Gasteiger partial charge on any atom is 0.101 e. The topological polar surface area (TPSA) is 3.24 Å². The Morgan fingerprint density at radius 3 is 2.47 bits per heavy atom. The summed E-state index contributed by atoms with van der Waals surface area (Å²) < 4.78 is 13.5. The molecule has 0 aromatic rings. The molecule has 0 atom stereocenters. The van der Waals surface area contributed by atoms with Crippen molar-refractivity contribution in [3.63, 3.8) is 0 Å². The molecule has 1 heterocycles. The van der Waals surface area contributed by atoms with Gasteiger partial charge in [-0.1, -0.05) is 33.3 Å². The van der Waals surface area contributed by atoms with E-state index < -0.39 is 0 Å². The van der Waals surface area contributed by atoms with Gasteiger partial charge < -0.3 is 4.90 Å². The highest BCUT2D eigenvalue weighted by atomic mass is 19.1.